The van der Waals surface area contributed by atoms with E-state index >= 15 is 0 Å². The lowest BCUT2D eigenvalue weighted by Gasteiger charge is -2.38. The molecular formula is C32H22ClN3O3. The minimum absolute atomic E-state index is 0.297. The molecule has 7 rings (SSSR count). The number of benzene rings is 3. The molecule has 0 aliphatic carbocycles. The van der Waals surface area contributed by atoms with Crippen LogP contribution in [0.25, 0.3) is 6.08 Å². The number of para-hydroxylation sites is 1. The van der Waals surface area contributed by atoms with Crippen LogP contribution in [0.3, 0.4) is 0 Å². The number of anilines is 1. The van der Waals surface area contributed by atoms with Gasteiger partial charge in [-0.1, -0.05) is 66.2 Å². The lowest BCUT2D eigenvalue weighted by atomic mass is 9.62. The highest BCUT2D eigenvalue weighted by Crippen LogP contribution is 2.62. The fraction of sp³-hybridized carbons (Fsp3) is 0.125. The predicted molar refractivity (Wildman–Crippen MR) is 148 cm³/mol. The number of Topliss-reactive ketones (excluding diaryl/α,β-unsaturated/α-hetero) is 2. The van der Waals surface area contributed by atoms with E-state index in [4.69, 9.17) is 11.6 Å². The Kier molecular flexibility index (Phi) is 5.28. The van der Waals surface area contributed by atoms with Crippen molar-refractivity contribution in [3.05, 3.63) is 136 Å². The van der Waals surface area contributed by atoms with E-state index in [0.29, 0.717) is 27.4 Å². The number of halogens is 1. The van der Waals surface area contributed by atoms with E-state index in [9.17, 15) is 14.4 Å². The number of nitrogens with zero attached hydrogens (tertiary/aromatic N) is 2. The normalized spacial score (nSPS) is 24.2. The van der Waals surface area contributed by atoms with Crippen LogP contribution in [0.15, 0.2) is 104 Å². The lowest BCUT2D eigenvalue weighted by Crippen LogP contribution is -2.49. The van der Waals surface area contributed by atoms with Gasteiger partial charge in [-0.2, -0.15) is 0 Å². The van der Waals surface area contributed by atoms with Gasteiger partial charge >= 0.3 is 0 Å². The summed E-state index contributed by atoms with van der Waals surface area (Å²) in [5.74, 6) is -2.00. The number of hydrogen-bond donors (Lipinski definition) is 1. The Morgan fingerprint density at radius 2 is 1.67 bits per heavy atom. The Morgan fingerprint density at radius 3 is 2.49 bits per heavy atom. The molecule has 0 unspecified atom stereocenters. The maximum Gasteiger partial charge on any atom is 0.238 e. The number of nitrogens with one attached hydrogen (secondary N) is 1. The number of rotatable bonds is 4. The molecule has 6 nitrogen and oxygen atoms in total. The molecule has 1 fully saturated rings. The first kappa shape index (κ1) is 23.6. The number of hydrogen-bond acceptors (Lipinski definition) is 5. The van der Waals surface area contributed by atoms with Gasteiger partial charge in [-0.15, -0.1) is 0 Å². The van der Waals surface area contributed by atoms with Crippen molar-refractivity contribution >= 4 is 40.8 Å². The molecule has 39 heavy (non-hydrogen) atoms. The molecule has 3 aliphatic rings. The molecule has 1 N–H and O–H groups in total. The van der Waals surface area contributed by atoms with E-state index in [2.05, 4.69) is 10.3 Å². The highest BCUT2D eigenvalue weighted by atomic mass is 35.5. The van der Waals surface area contributed by atoms with Gasteiger partial charge in [0.1, 0.15) is 11.5 Å². The minimum Gasteiger partial charge on any atom is -0.358 e. The number of pyridine rings is 1. The molecule has 1 saturated heterocycles. The number of aromatic nitrogens is 1. The SMILES string of the molecule is O=C(c1ccccc1Cl)[C@@H]1[C@@H](C(=O)c2cccnc2)[C@@]2(C(=O)Nc3ccccc32)[C@H]2c3ccccc3C=CN12. The fourth-order valence-electron chi connectivity index (χ4n) is 6.68. The van der Waals surface area contributed by atoms with Gasteiger partial charge in [-0.3, -0.25) is 19.4 Å². The van der Waals surface area contributed by atoms with Crippen molar-refractivity contribution in [3.63, 3.8) is 0 Å². The van der Waals surface area contributed by atoms with Crippen LogP contribution in [-0.4, -0.2) is 33.4 Å². The number of carbonyl (C=O) groups excluding carboxylic acids is 3. The second kappa shape index (κ2) is 8.75. The van der Waals surface area contributed by atoms with Crippen molar-refractivity contribution < 1.29 is 14.4 Å². The minimum atomic E-state index is -1.38. The van der Waals surface area contributed by atoms with E-state index in [0.717, 1.165) is 11.1 Å². The first-order chi connectivity index (χ1) is 19.0. The van der Waals surface area contributed by atoms with Gasteiger partial charge in [-0.05, 0) is 53.1 Å². The molecule has 1 amide bonds. The first-order valence-electron chi connectivity index (χ1n) is 12.7. The zero-order chi connectivity index (χ0) is 26.7. The Labute approximate surface area is 229 Å². The van der Waals surface area contributed by atoms with Crippen LogP contribution in [-0.2, 0) is 10.2 Å². The van der Waals surface area contributed by atoms with E-state index in [1.165, 1.54) is 6.20 Å². The summed E-state index contributed by atoms with van der Waals surface area (Å²) < 4.78 is 0. The van der Waals surface area contributed by atoms with E-state index in [1.54, 1.807) is 42.6 Å². The summed E-state index contributed by atoms with van der Waals surface area (Å²) in [5.41, 5.74) is 2.43. The highest BCUT2D eigenvalue weighted by Gasteiger charge is 2.70. The molecule has 1 aromatic heterocycles. The van der Waals surface area contributed by atoms with Crippen LogP contribution in [0, 0.1) is 5.92 Å². The molecule has 4 atom stereocenters. The largest absolute Gasteiger partial charge is 0.358 e. The highest BCUT2D eigenvalue weighted by molar-refractivity contribution is 6.34. The molecule has 1 spiro atoms. The van der Waals surface area contributed by atoms with Crippen molar-refractivity contribution in [3.8, 4) is 0 Å². The van der Waals surface area contributed by atoms with E-state index in [1.807, 2.05) is 65.7 Å². The average Bonchev–Trinajstić information content (AvgIpc) is 3.45. The molecule has 0 saturated carbocycles. The second-order valence-corrected chi connectivity index (χ2v) is 10.4. The Balaban J connectivity index is 1.56. The summed E-state index contributed by atoms with van der Waals surface area (Å²) in [6.45, 7) is 0. The molecule has 4 aromatic rings. The molecule has 190 valence electrons. The van der Waals surface area contributed by atoms with Gasteiger partial charge in [0.15, 0.2) is 11.6 Å². The zero-order valence-electron chi connectivity index (χ0n) is 20.6. The third-order valence-corrected chi connectivity index (χ3v) is 8.54. The van der Waals surface area contributed by atoms with Crippen LogP contribution in [0.1, 0.15) is 43.4 Å². The third-order valence-electron chi connectivity index (χ3n) is 8.21. The zero-order valence-corrected chi connectivity index (χ0v) is 21.4. The third kappa shape index (κ3) is 3.21. The second-order valence-electron chi connectivity index (χ2n) is 10.0. The molecule has 7 heteroatoms. The predicted octanol–water partition coefficient (Wildman–Crippen LogP) is 5.72. The van der Waals surface area contributed by atoms with Gasteiger partial charge in [0.2, 0.25) is 5.91 Å². The summed E-state index contributed by atoms with van der Waals surface area (Å²) in [6.07, 6.45) is 6.86. The Hall–Kier alpha value is -4.55. The van der Waals surface area contributed by atoms with Gasteiger partial charge in [0, 0.05) is 35.4 Å². The molecule has 0 bridgehead atoms. The molecular weight excluding hydrogens is 510 g/mol. The van der Waals surface area contributed by atoms with Crippen molar-refractivity contribution in [2.75, 3.05) is 5.32 Å². The quantitative estimate of drug-likeness (QED) is 0.341. The van der Waals surface area contributed by atoms with Gasteiger partial charge in [0.05, 0.1) is 17.0 Å². The summed E-state index contributed by atoms with van der Waals surface area (Å²) in [5, 5.41) is 3.34. The topological polar surface area (TPSA) is 79.4 Å². The van der Waals surface area contributed by atoms with Crippen LogP contribution in [0.2, 0.25) is 5.02 Å². The van der Waals surface area contributed by atoms with Crippen molar-refractivity contribution in [2.45, 2.75) is 17.5 Å². The Bertz CT molecular complexity index is 1700. The van der Waals surface area contributed by atoms with E-state index < -0.39 is 23.4 Å². The van der Waals surface area contributed by atoms with Crippen molar-refractivity contribution in [1.29, 1.82) is 0 Å². The monoisotopic (exact) mass is 531 g/mol. The van der Waals surface area contributed by atoms with Gasteiger partial charge in [0.25, 0.3) is 0 Å². The standard InChI is InChI=1S/C32H22ClN3O3/c33-24-13-5-3-11-22(24)29(38)27-26(28(37)20-9-7-16-34-18-20)32(23-12-4-6-14-25(23)35-31(32)39)30-21-10-2-1-8-19(21)15-17-36(27)30/h1-18,26-27,30H,(H,35,39)/t26-,27-,30+,32+/m0/s1. The molecule has 4 heterocycles. The van der Waals surface area contributed by atoms with E-state index in [-0.39, 0.29) is 17.5 Å². The molecule has 3 aromatic carbocycles. The smallest absolute Gasteiger partial charge is 0.238 e. The molecule has 0 radical (unpaired) electrons. The summed E-state index contributed by atoms with van der Waals surface area (Å²) in [6, 6.07) is 23.9. The number of amides is 1. The summed E-state index contributed by atoms with van der Waals surface area (Å²) >= 11 is 6.53. The van der Waals surface area contributed by atoms with Crippen molar-refractivity contribution in [2.24, 2.45) is 5.92 Å². The van der Waals surface area contributed by atoms with Crippen LogP contribution in [0.5, 0.6) is 0 Å². The summed E-state index contributed by atoms with van der Waals surface area (Å²) in [7, 11) is 0. The summed E-state index contributed by atoms with van der Waals surface area (Å²) in [4.78, 5) is 49.5. The molecule has 3 aliphatic heterocycles. The van der Waals surface area contributed by atoms with Gasteiger partial charge < -0.3 is 10.2 Å². The number of fused-ring (bicyclic) bond motifs is 6. The van der Waals surface area contributed by atoms with Crippen LogP contribution in [0.4, 0.5) is 5.69 Å². The Morgan fingerprint density at radius 1 is 0.897 bits per heavy atom. The maximum atomic E-state index is 14.6. The maximum absolute atomic E-state index is 14.6. The van der Waals surface area contributed by atoms with Gasteiger partial charge in [-0.25, -0.2) is 0 Å². The van der Waals surface area contributed by atoms with Crippen LogP contribution >= 0.6 is 11.6 Å². The number of carbonyl (C=O) groups is 3. The lowest BCUT2D eigenvalue weighted by molar-refractivity contribution is -0.122. The first-order valence-corrected chi connectivity index (χ1v) is 13.1. The van der Waals surface area contributed by atoms with Crippen molar-refractivity contribution in [1.82, 2.24) is 9.88 Å². The number of ketones is 2. The average molecular weight is 532 g/mol. The fourth-order valence-corrected chi connectivity index (χ4v) is 6.91. The van der Waals surface area contributed by atoms with Crippen LogP contribution < -0.4 is 5.32 Å².